The molecule has 0 saturated heterocycles. The molecule has 0 aliphatic rings. The molecule has 4 heteroatoms. The Morgan fingerprint density at radius 3 is 1.60 bits per heavy atom. The Bertz CT molecular complexity index is 2490. The van der Waals surface area contributed by atoms with Crippen molar-refractivity contribution < 1.29 is 0 Å². The van der Waals surface area contributed by atoms with Crippen LogP contribution in [0.3, 0.4) is 0 Å². The zero-order valence-corrected chi connectivity index (χ0v) is 25.5. The van der Waals surface area contributed by atoms with Crippen molar-refractivity contribution in [2.24, 2.45) is 0 Å². The van der Waals surface area contributed by atoms with E-state index in [9.17, 15) is 0 Å². The molecule has 2 aromatic heterocycles. The molecule has 47 heavy (non-hydrogen) atoms. The van der Waals surface area contributed by atoms with Gasteiger partial charge >= 0.3 is 0 Å². The number of hydrogen-bond donors (Lipinski definition) is 0. The molecule has 0 amide bonds. The lowest BCUT2D eigenvalue weighted by Gasteiger charge is -2.12. The van der Waals surface area contributed by atoms with E-state index in [1.165, 1.54) is 32.6 Å². The lowest BCUT2D eigenvalue weighted by atomic mass is 10.0. The molecule has 9 aromatic rings. The average Bonchev–Trinajstić information content (AvgIpc) is 3.50. The molecule has 0 aliphatic carbocycles. The molecule has 7 aromatic carbocycles. The molecule has 2 heterocycles. The van der Waals surface area contributed by atoms with Crippen molar-refractivity contribution in [3.63, 3.8) is 0 Å². The zero-order valence-electron chi connectivity index (χ0n) is 25.5. The van der Waals surface area contributed by atoms with Crippen LogP contribution in [0.4, 0.5) is 0 Å². The van der Waals surface area contributed by atoms with Gasteiger partial charge in [-0.2, -0.15) is 0 Å². The Kier molecular flexibility index (Phi) is 6.43. The summed E-state index contributed by atoms with van der Waals surface area (Å²) < 4.78 is 2.40. The molecule has 220 valence electrons. The van der Waals surface area contributed by atoms with Crippen LogP contribution < -0.4 is 0 Å². The van der Waals surface area contributed by atoms with E-state index < -0.39 is 0 Å². The summed E-state index contributed by atoms with van der Waals surface area (Å²) in [6, 6.07) is 59.3. The SMILES string of the molecule is c1ccc(-c2nc(-c3ccccc3)nc(-c3cccc(-c4ccc(-n5c6ccccc6c6ccc7ccccc7c65)cc4)c3)n2)cc1. The third-order valence-electron chi connectivity index (χ3n) is 8.84. The molecule has 0 unspecified atom stereocenters. The van der Waals surface area contributed by atoms with Crippen molar-refractivity contribution in [1.82, 2.24) is 19.5 Å². The molecule has 0 saturated carbocycles. The van der Waals surface area contributed by atoms with Gasteiger partial charge in [-0.05, 0) is 40.8 Å². The van der Waals surface area contributed by atoms with Crippen LogP contribution in [0.5, 0.6) is 0 Å². The van der Waals surface area contributed by atoms with Gasteiger partial charge in [0.2, 0.25) is 0 Å². The summed E-state index contributed by atoms with van der Waals surface area (Å²) in [4.78, 5) is 14.7. The lowest BCUT2D eigenvalue weighted by molar-refractivity contribution is 1.07. The van der Waals surface area contributed by atoms with E-state index in [0.29, 0.717) is 17.5 Å². The fourth-order valence-corrected chi connectivity index (χ4v) is 6.58. The second kappa shape index (κ2) is 11.2. The minimum Gasteiger partial charge on any atom is -0.309 e. The number of benzene rings is 7. The highest BCUT2D eigenvalue weighted by atomic mass is 15.0. The smallest absolute Gasteiger partial charge is 0.164 e. The van der Waals surface area contributed by atoms with Gasteiger partial charge in [0.25, 0.3) is 0 Å². The number of para-hydroxylation sites is 1. The van der Waals surface area contributed by atoms with E-state index >= 15 is 0 Å². The highest BCUT2D eigenvalue weighted by molar-refractivity contribution is 6.18. The molecule has 0 fully saturated rings. The fourth-order valence-electron chi connectivity index (χ4n) is 6.58. The minimum atomic E-state index is 0.647. The second-order valence-corrected chi connectivity index (χ2v) is 11.7. The first-order chi connectivity index (χ1) is 23.3. The van der Waals surface area contributed by atoms with E-state index in [1.54, 1.807) is 0 Å². The van der Waals surface area contributed by atoms with Gasteiger partial charge in [0.05, 0.1) is 11.0 Å². The molecule has 0 atom stereocenters. The van der Waals surface area contributed by atoms with Crippen LogP contribution in [0.1, 0.15) is 0 Å². The summed E-state index contributed by atoms with van der Waals surface area (Å²) in [7, 11) is 0. The molecular formula is C43H28N4. The van der Waals surface area contributed by atoms with Gasteiger partial charge in [0.1, 0.15) is 0 Å². The van der Waals surface area contributed by atoms with Crippen molar-refractivity contribution in [2.75, 3.05) is 0 Å². The first-order valence-corrected chi connectivity index (χ1v) is 15.8. The normalized spacial score (nSPS) is 11.4. The third-order valence-corrected chi connectivity index (χ3v) is 8.84. The first kappa shape index (κ1) is 27.0. The maximum absolute atomic E-state index is 4.94. The topological polar surface area (TPSA) is 43.6 Å². The number of aromatic nitrogens is 4. The minimum absolute atomic E-state index is 0.647. The van der Waals surface area contributed by atoms with Crippen LogP contribution >= 0.6 is 0 Å². The molecule has 0 radical (unpaired) electrons. The third kappa shape index (κ3) is 4.75. The first-order valence-electron chi connectivity index (χ1n) is 15.8. The summed E-state index contributed by atoms with van der Waals surface area (Å²) >= 11 is 0. The van der Waals surface area contributed by atoms with E-state index in [4.69, 9.17) is 15.0 Å². The van der Waals surface area contributed by atoms with Crippen molar-refractivity contribution in [3.05, 3.63) is 170 Å². The molecular weight excluding hydrogens is 573 g/mol. The Labute approximate surface area is 272 Å². The van der Waals surface area contributed by atoms with Gasteiger partial charge in [0.15, 0.2) is 17.5 Å². The van der Waals surface area contributed by atoms with Crippen LogP contribution in [-0.4, -0.2) is 19.5 Å². The number of nitrogens with zero attached hydrogens (tertiary/aromatic N) is 4. The number of hydrogen-bond acceptors (Lipinski definition) is 3. The van der Waals surface area contributed by atoms with Crippen LogP contribution in [0.2, 0.25) is 0 Å². The molecule has 0 bridgehead atoms. The Morgan fingerprint density at radius 1 is 0.340 bits per heavy atom. The van der Waals surface area contributed by atoms with E-state index in [1.807, 2.05) is 60.7 Å². The number of rotatable bonds is 5. The summed E-state index contributed by atoms with van der Waals surface area (Å²) in [6.07, 6.45) is 0. The molecule has 0 spiro atoms. The highest BCUT2D eigenvalue weighted by Crippen LogP contribution is 2.37. The monoisotopic (exact) mass is 600 g/mol. The second-order valence-electron chi connectivity index (χ2n) is 11.7. The van der Waals surface area contributed by atoms with Crippen molar-refractivity contribution >= 4 is 32.6 Å². The Hall–Kier alpha value is -6.39. The van der Waals surface area contributed by atoms with Crippen molar-refractivity contribution in [1.29, 1.82) is 0 Å². The predicted octanol–water partition coefficient (Wildman–Crippen LogP) is 10.8. The summed E-state index contributed by atoms with van der Waals surface area (Å²) in [5, 5.41) is 5.01. The zero-order chi connectivity index (χ0) is 31.2. The van der Waals surface area contributed by atoms with Gasteiger partial charge in [-0.3, -0.25) is 0 Å². The quantitative estimate of drug-likeness (QED) is 0.197. The largest absolute Gasteiger partial charge is 0.309 e. The Morgan fingerprint density at radius 2 is 0.894 bits per heavy atom. The molecule has 4 nitrogen and oxygen atoms in total. The summed E-state index contributed by atoms with van der Waals surface area (Å²) in [6.45, 7) is 0. The maximum atomic E-state index is 4.94. The van der Waals surface area contributed by atoms with Gasteiger partial charge in [-0.15, -0.1) is 0 Å². The van der Waals surface area contributed by atoms with Crippen LogP contribution in [0.25, 0.3) is 83.6 Å². The Balaban J connectivity index is 1.14. The van der Waals surface area contributed by atoms with Crippen LogP contribution in [0.15, 0.2) is 170 Å². The lowest BCUT2D eigenvalue weighted by Crippen LogP contribution is -2.00. The van der Waals surface area contributed by atoms with Gasteiger partial charge in [0, 0.05) is 38.5 Å². The van der Waals surface area contributed by atoms with Crippen LogP contribution in [0, 0.1) is 0 Å². The highest BCUT2D eigenvalue weighted by Gasteiger charge is 2.16. The molecule has 9 rings (SSSR count). The molecule has 0 N–H and O–H groups in total. The molecule has 0 aliphatic heterocycles. The van der Waals surface area contributed by atoms with Crippen molar-refractivity contribution in [3.8, 4) is 51.0 Å². The van der Waals surface area contributed by atoms with Gasteiger partial charge < -0.3 is 4.57 Å². The number of fused-ring (bicyclic) bond motifs is 5. The van der Waals surface area contributed by atoms with Crippen molar-refractivity contribution in [2.45, 2.75) is 0 Å². The maximum Gasteiger partial charge on any atom is 0.164 e. The van der Waals surface area contributed by atoms with Gasteiger partial charge in [-0.25, -0.2) is 15.0 Å². The fraction of sp³-hybridized carbons (Fsp3) is 0. The summed E-state index contributed by atoms with van der Waals surface area (Å²) in [5.74, 6) is 1.96. The summed E-state index contributed by atoms with van der Waals surface area (Å²) in [5.41, 5.74) is 8.65. The predicted molar refractivity (Wildman–Crippen MR) is 193 cm³/mol. The van der Waals surface area contributed by atoms with E-state index in [0.717, 1.165) is 33.5 Å². The van der Waals surface area contributed by atoms with Gasteiger partial charge in [-0.1, -0.05) is 146 Å². The standard InChI is InChI=1S/C43H28N4/c1-3-13-31(14-4-1)41-44-42(32-15-5-2-6-16-32)46-43(45-41)34-18-11-17-33(28-34)29-22-25-35(26-23-29)47-39-21-10-9-20-37(39)38-27-24-30-12-7-8-19-36(30)40(38)47/h1-28H. The van der Waals surface area contributed by atoms with Crippen LogP contribution in [-0.2, 0) is 0 Å². The van der Waals surface area contributed by atoms with E-state index in [2.05, 4.69) is 114 Å². The van der Waals surface area contributed by atoms with E-state index in [-0.39, 0.29) is 0 Å². The average molecular weight is 601 g/mol.